The molecule has 1 rings (SSSR count). The van der Waals surface area contributed by atoms with Crippen LogP contribution < -0.4 is 0 Å². The van der Waals surface area contributed by atoms with E-state index in [0.717, 1.165) is 35.1 Å². The molecule has 3 heteroatoms. The molecule has 0 bridgehead atoms. The van der Waals surface area contributed by atoms with Crippen LogP contribution in [0.1, 0.15) is 76.1 Å². The molecule has 3 nitrogen and oxygen atoms in total. The van der Waals surface area contributed by atoms with Gasteiger partial charge in [-0.05, 0) is 60.3 Å². The van der Waals surface area contributed by atoms with Gasteiger partial charge in [-0.2, -0.15) is 0 Å². The largest absolute Gasteiger partial charge is 0.507 e. The van der Waals surface area contributed by atoms with Crippen molar-refractivity contribution in [2.75, 3.05) is 6.61 Å². The number of phenolic OH excluding ortho intramolecular Hbond substituents is 1. The van der Waals surface area contributed by atoms with Crippen LogP contribution in [-0.4, -0.2) is 17.7 Å². The fourth-order valence-electron chi connectivity index (χ4n) is 2.69. The van der Waals surface area contributed by atoms with Crippen molar-refractivity contribution < 1.29 is 14.6 Å². The molecule has 0 saturated heterocycles. The molecule has 0 radical (unpaired) electrons. The zero-order valence-corrected chi connectivity index (χ0v) is 16.5. The number of esters is 1. The Morgan fingerprint density at radius 1 is 1.25 bits per heavy atom. The summed E-state index contributed by atoms with van der Waals surface area (Å²) in [6, 6.07) is 2.05. The minimum Gasteiger partial charge on any atom is -0.507 e. The highest BCUT2D eigenvalue weighted by molar-refractivity contribution is 5.70. The van der Waals surface area contributed by atoms with Crippen molar-refractivity contribution in [3.8, 4) is 5.75 Å². The summed E-state index contributed by atoms with van der Waals surface area (Å²) >= 11 is 0. The molecule has 0 aliphatic heterocycles. The standard InChI is InChI=1S/C21H34O3/c1-8-14(2)11-12-24-19(22)10-9-17-13-18(21(5,6)7)20(23)16(4)15(17)3/h13-14,23H,8-12H2,1-7H3. The third-order valence-corrected chi connectivity index (χ3v) is 4.95. The molecular weight excluding hydrogens is 300 g/mol. The van der Waals surface area contributed by atoms with Gasteiger partial charge in [-0.1, -0.05) is 47.1 Å². The summed E-state index contributed by atoms with van der Waals surface area (Å²) in [5, 5.41) is 10.4. The zero-order chi connectivity index (χ0) is 18.5. The molecule has 0 heterocycles. The van der Waals surface area contributed by atoms with Gasteiger partial charge in [0.25, 0.3) is 0 Å². The average Bonchev–Trinajstić information content (AvgIpc) is 2.50. The molecule has 136 valence electrons. The number of carbonyl (C=O) groups excluding carboxylic acids is 1. The van der Waals surface area contributed by atoms with Crippen LogP contribution in [0.25, 0.3) is 0 Å². The minimum atomic E-state index is -0.138. The van der Waals surface area contributed by atoms with Crippen molar-refractivity contribution in [2.45, 2.75) is 79.6 Å². The number of carbonyl (C=O) groups is 1. The van der Waals surface area contributed by atoms with Gasteiger partial charge >= 0.3 is 5.97 Å². The van der Waals surface area contributed by atoms with Crippen molar-refractivity contribution in [2.24, 2.45) is 5.92 Å². The number of rotatable bonds is 7. The molecular formula is C21H34O3. The van der Waals surface area contributed by atoms with Gasteiger partial charge in [0.2, 0.25) is 0 Å². The Labute approximate surface area is 147 Å². The van der Waals surface area contributed by atoms with Crippen LogP contribution in [0.15, 0.2) is 6.07 Å². The minimum absolute atomic E-state index is 0.131. The topological polar surface area (TPSA) is 46.5 Å². The van der Waals surface area contributed by atoms with E-state index >= 15 is 0 Å². The maximum absolute atomic E-state index is 12.0. The first-order valence-electron chi connectivity index (χ1n) is 9.06. The lowest BCUT2D eigenvalue weighted by molar-refractivity contribution is -0.143. The van der Waals surface area contributed by atoms with E-state index in [1.165, 1.54) is 0 Å². The maximum Gasteiger partial charge on any atom is 0.306 e. The second-order valence-electron chi connectivity index (χ2n) is 7.95. The highest BCUT2D eigenvalue weighted by atomic mass is 16.5. The van der Waals surface area contributed by atoms with Gasteiger partial charge in [0.15, 0.2) is 0 Å². The van der Waals surface area contributed by atoms with Gasteiger partial charge in [-0.15, -0.1) is 0 Å². The molecule has 0 aliphatic rings. The van der Waals surface area contributed by atoms with E-state index in [1.807, 2.05) is 19.9 Å². The van der Waals surface area contributed by atoms with E-state index in [-0.39, 0.29) is 11.4 Å². The molecule has 1 unspecified atom stereocenters. The Bertz CT molecular complexity index is 567. The Morgan fingerprint density at radius 2 is 1.88 bits per heavy atom. The van der Waals surface area contributed by atoms with E-state index in [2.05, 4.69) is 34.6 Å². The molecule has 0 spiro atoms. The predicted octanol–water partition coefficient (Wildman–Crippen LogP) is 5.22. The molecule has 1 atom stereocenters. The lowest BCUT2D eigenvalue weighted by Crippen LogP contribution is -2.14. The van der Waals surface area contributed by atoms with Crippen LogP contribution in [0.3, 0.4) is 0 Å². The molecule has 1 aromatic carbocycles. The summed E-state index contributed by atoms with van der Waals surface area (Å²) in [6.45, 7) is 15.0. The summed E-state index contributed by atoms with van der Waals surface area (Å²) in [5.41, 5.74) is 3.89. The molecule has 1 aromatic rings. The lowest BCUT2D eigenvalue weighted by Gasteiger charge is -2.24. The smallest absolute Gasteiger partial charge is 0.306 e. The summed E-state index contributed by atoms with van der Waals surface area (Å²) in [6.07, 6.45) is 3.07. The number of aryl methyl sites for hydroxylation is 1. The maximum atomic E-state index is 12.0. The van der Waals surface area contributed by atoms with E-state index < -0.39 is 0 Å². The first-order chi connectivity index (χ1) is 11.1. The quantitative estimate of drug-likeness (QED) is 0.695. The normalized spacial score (nSPS) is 13.0. The van der Waals surface area contributed by atoms with Gasteiger partial charge in [0.05, 0.1) is 6.61 Å². The van der Waals surface area contributed by atoms with Gasteiger partial charge in [-0.25, -0.2) is 0 Å². The number of benzene rings is 1. The Balaban J connectivity index is 2.75. The first-order valence-corrected chi connectivity index (χ1v) is 9.06. The van der Waals surface area contributed by atoms with Crippen LogP contribution in [0.2, 0.25) is 0 Å². The van der Waals surface area contributed by atoms with Crippen molar-refractivity contribution in [1.82, 2.24) is 0 Å². The monoisotopic (exact) mass is 334 g/mol. The number of aromatic hydroxyl groups is 1. The van der Waals surface area contributed by atoms with Crippen LogP contribution >= 0.6 is 0 Å². The second-order valence-corrected chi connectivity index (χ2v) is 7.95. The molecule has 0 fully saturated rings. The third kappa shape index (κ3) is 5.54. The summed E-state index contributed by atoms with van der Waals surface area (Å²) in [4.78, 5) is 12.0. The fourth-order valence-corrected chi connectivity index (χ4v) is 2.69. The fraction of sp³-hybridized carbons (Fsp3) is 0.667. The van der Waals surface area contributed by atoms with Crippen LogP contribution in [0, 0.1) is 19.8 Å². The van der Waals surface area contributed by atoms with Gasteiger partial charge in [0, 0.05) is 6.42 Å². The number of ether oxygens (including phenoxy) is 1. The van der Waals surface area contributed by atoms with E-state index in [9.17, 15) is 9.90 Å². The van der Waals surface area contributed by atoms with E-state index in [4.69, 9.17) is 4.74 Å². The number of phenols is 1. The summed E-state index contributed by atoms with van der Waals surface area (Å²) in [7, 11) is 0. The van der Waals surface area contributed by atoms with E-state index in [0.29, 0.717) is 31.1 Å². The highest BCUT2D eigenvalue weighted by Gasteiger charge is 2.22. The number of hydrogen-bond acceptors (Lipinski definition) is 3. The van der Waals surface area contributed by atoms with Crippen molar-refractivity contribution >= 4 is 5.97 Å². The van der Waals surface area contributed by atoms with Crippen LogP contribution in [0.4, 0.5) is 0 Å². The highest BCUT2D eigenvalue weighted by Crippen LogP contribution is 2.36. The number of hydrogen-bond donors (Lipinski definition) is 1. The van der Waals surface area contributed by atoms with Crippen molar-refractivity contribution in [3.05, 3.63) is 28.3 Å². The summed E-state index contributed by atoms with van der Waals surface area (Å²) in [5.74, 6) is 0.828. The molecule has 0 saturated carbocycles. The summed E-state index contributed by atoms with van der Waals surface area (Å²) < 4.78 is 5.34. The third-order valence-electron chi connectivity index (χ3n) is 4.95. The van der Waals surface area contributed by atoms with Gasteiger partial charge in [-0.3, -0.25) is 4.79 Å². The molecule has 0 aliphatic carbocycles. The van der Waals surface area contributed by atoms with Crippen molar-refractivity contribution in [3.63, 3.8) is 0 Å². The van der Waals surface area contributed by atoms with Crippen LogP contribution in [-0.2, 0) is 21.4 Å². The van der Waals surface area contributed by atoms with E-state index in [1.54, 1.807) is 0 Å². The lowest BCUT2D eigenvalue weighted by atomic mass is 9.82. The van der Waals surface area contributed by atoms with Gasteiger partial charge in [0.1, 0.15) is 5.75 Å². The first kappa shape index (κ1) is 20.5. The Morgan fingerprint density at radius 3 is 2.42 bits per heavy atom. The Kier molecular flexibility index (Phi) is 7.31. The van der Waals surface area contributed by atoms with Crippen LogP contribution in [0.5, 0.6) is 5.75 Å². The Hall–Kier alpha value is -1.51. The molecule has 24 heavy (non-hydrogen) atoms. The molecule has 0 aromatic heterocycles. The predicted molar refractivity (Wildman–Crippen MR) is 99.6 cm³/mol. The zero-order valence-electron chi connectivity index (χ0n) is 16.5. The van der Waals surface area contributed by atoms with Crippen molar-refractivity contribution in [1.29, 1.82) is 0 Å². The molecule has 0 amide bonds. The SMILES string of the molecule is CCC(C)CCOC(=O)CCc1cc(C(C)(C)C)c(O)c(C)c1C. The molecule has 1 N–H and O–H groups in total. The second kappa shape index (κ2) is 8.55. The van der Waals surface area contributed by atoms with Gasteiger partial charge < -0.3 is 9.84 Å². The average molecular weight is 335 g/mol.